The van der Waals surface area contributed by atoms with Crippen LogP contribution in [0.5, 0.6) is 0 Å². The molecule has 3 fully saturated rings. The number of amides is 2. The lowest BCUT2D eigenvalue weighted by molar-refractivity contribution is -0.139. The molecule has 8 nitrogen and oxygen atoms in total. The molecule has 4 atom stereocenters. The second kappa shape index (κ2) is 8.91. The van der Waals surface area contributed by atoms with Gasteiger partial charge in [0.05, 0.1) is 11.3 Å². The summed E-state index contributed by atoms with van der Waals surface area (Å²) in [5.74, 6) is -1.29. The van der Waals surface area contributed by atoms with Crippen LogP contribution >= 0.6 is 11.6 Å². The number of nitrogens with two attached hydrogens (primary N) is 1. The van der Waals surface area contributed by atoms with Gasteiger partial charge >= 0.3 is 0 Å². The number of nitrogens with zero attached hydrogens (tertiary/aromatic N) is 2. The number of likely N-dealkylation sites (tertiary alicyclic amines) is 1. The van der Waals surface area contributed by atoms with Crippen LogP contribution in [0.25, 0.3) is 11.3 Å². The SMILES string of the molecule is NC(=O)c1oc(-c2ccncc2)cc1[C@@H](C(=O)N1C[C@H](Cl)[C@H]2OCC(=O)[C@H]21)C1CCCCC1. The Balaban J connectivity index is 1.57. The smallest absolute Gasteiger partial charge is 0.284 e. The second-order valence-corrected chi connectivity index (χ2v) is 9.62. The molecule has 0 aromatic carbocycles. The maximum atomic E-state index is 14.1. The van der Waals surface area contributed by atoms with Crippen molar-refractivity contribution in [2.24, 2.45) is 11.7 Å². The van der Waals surface area contributed by atoms with Gasteiger partial charge in [0, 0.05) is 30.1 Å². The van der Waals surface area contributed by atoms with Gasteiger partial charge in [-0.25, -0.2) is 0 Å². The molecule has 2 aromatic rings. The number of primary amides is 1. The molecule has 2 aromatic heterocycles. The number of carbonyl (C=O) groups is 3. The number of furan rings is 1. The van der Waals surface area contributed by atoms with Crippen LogP contribution in [0.1, 0.15) is 54.1 Å². The van der Waals surface area contributed by atoms with E-state index in [1.165, 1.54) is 0 Å². The van der Waals surface area contributed by atoms with E-state index in [-0.39, 0.29) is 36.5 Å². The van der Waals surface area contributed by atoms with Crippen LogP contribution in [-0.4, -0.2) is 58.2 Å². The summed E-state index contributed by atoms with van der Waals surface area (Å²) in [7, 11) is 0. The molecule has 0 spiro atoms. The fraction of sp³-hybridized carbons (Fsp3) is 0.500. The highest BCUT2D eigenvalue weighted by molar-refractivity contribution is 6.22. The maximum Gasteiger partial charge on any atom is 0.284 e. The number of hydrogen-bond donors (Lipinski definition) is 1. The van der Waals surface area contributed by atoms with E-state index < -0.39 is 29.3 Å². The zero-order valence-electron chi connectivity index (χ0n) is 18.1. The number of Topliss-reactive ketones (excluding diaryl/α,β-unsaturated/α-hetero) is 1. The van der Waals surface area contributed by atoms with Crippen LogP contribution in [0, 0.1) is 5.92 Å². The first kappa shape index (κ1) is 22.1. The normalized spacial score (nSPS) is 26.4. The number of ketones is 1. The number of ether oxygens (including phenoxy) is 1. The largest absolute Gasteiger partial charge is 0.451 e. The van der Waals surface area contributed by atoms with Crippen molar-refractivity contribution in [3.8, 4) is 11.3 Å². The van der Waals surface area contributed by atoms with Gasteiger partial charge in [0.2, 0.25) is 5.91 Å². The van der Waals surface area contributed by atoms with Gasteiger partial charge in [0.15, 0.2) is 11.5 Å². The Hall–Kier alpha value is -2.71. The summed E-state index contributed by atoms with van der Waals surface area (Å²) in [4.78, 5) is 44.6. The number of rotatable bonds is 5. The van der Waals surface area contributed by atoms with Gasteiger partial charge in [-0.05, 0) is 37.0 Å². The molecule has 1 saturated carbocycles. The quantitative estimate of drug-likeness (QED) is 0.670. The Labute approximate surface area is 196 Å². The lowest BCUT2D eigenvalue weighted by Crippen LogP contribution is -2.46. The van der Waals surface area contributed by atoms with E-state index in [4.69, 9.17) is 26.5 Å². The van der Waals surface area contributed by atoms with Crippen molar-refractivity contribution in [1.82, 2.24) is 9.88 Å². The number of carbonyl (C=O) groups excluding carboxylic acids is 3. The lowest BCUT2D eigenvalue weighted by atomic mass is 9.75. The van der Waals surface area contributed by atoms with Gasteiger partial charge < -0.3 is 19.8 Å². The molecule has 5 rings (SSSR count). The fourth-order valence-corrected chi connectivity index (χ4v) is 5.90. The predicted octanol–water partition coefficient (Wildman–Crippen LogP) is 2.89. The van der Waals surface area contributed by atoms with E-state index in [0.29, 0.717) is 11.3 Å². The molecule has 33 heavy (non-hydrogen) atoms. The number of alkyl halides is 1. The van der Waals surface area contributed by atoms with Gasteiger partial charge in [0.1, 0.15) is 24.5 Å². The molecule has 2 saturated heterocycles. The molecule has 0 unspecified atom stereocenters. The minimum Gasteiger partial charge on any atom is -0.451 e. The molecule has 2 N–H and O–H groups in total. The highest BCUT2D eigenvalue weighted by Gasteiger charge is 2.53. The van der Waals surface area contributed by atoms with E-state index >= 15 is 0 Å². The number of aromatic nitrogens is 1. The van der Waals surface area contributed by atoms with Crippen molar-refractivity contribution in [3.63, 3.8) is 0 Å². The van der Waals surface area contributed by atoms with E-state index in [1.807, 2.05) is 0 Å². The standard InChI is InChI=1S/C24H26ClN3O5/c25-16-11-28(20-17(29)12-32-22(16)20)24(31)19(14-4-2-1-3-5-14)15-10-18(33-21(15)23(26)30)13-6-8-27-9-7-13/h6-10,14,16,19-20,22H,1-5,11-12H2,(H2,26,30)/t16-,19-,20+,22+/m0/s1. The van der Waals surface area contributed by atoms with Crippen LogP contribution < -0.4 is 5.73 Å². The molecular formula is C24H26ClN3O5. The van der Waals surface area contributed by atoms with Gasteiger partial charge in [-0.15, -0.1) is 11.6 Å². The first-order valence-electron chi connectivity index (χ1n) is 11.4. The lowest BCUT2D eigenvalue weighted by Gasteiger charge is -2.33. The second-order valence-electron chi connectivity index (χ2n) is 9.06. The molecule has 4 heterocycles. The van der Waals surface area contributed by atoms with Crippen molar-refractivity contribution in [1.29, 1.82) is 0 Å². The van der Waals surface area contributed by atoms with Crippen molar-refractivity contribution >= 4 is 29.2 Å². The van der Waals surface area contributed by atoms with Gasteiger partial charge in [0.25, 0.3) is 5.91 Å². The Bertz CT molecular complexity index is 1070. The van der Waals surface area contributed by atoms with Crippen LogP contribution in [0.4, 0.5) is 0 Å². The Kier molecular flexibility index (Phi) is 5.97. The maximum absolute atomic E-state index is 14.1. The number of pyridine rings is 1. The van der Waals surface area contributed by atoms with Gasteiger partial charge in [-0.2, -0.15) is 0 Å². The predicted molar refractivity (Wildman–Crippen MR) is 120 cm³/mol. The van der Waals surface area contributed by atoms with Gasteiger partial charge in [-0.1, -0.05) is 19.3 Å². The van der Waals surface area contributed by atoms with Crippen LogP contribution in [0.2, 0.25) is 0 Å². The van der Waals surface area contributed by atoms with Gasteiger partial charge in [-0.3, -0.25) is 19.4 Å². The van der Waals surface area contributed by atoms with E-state index in [1.54, 1.807) is 35.5 Å². The third-order valence-electron chi connectivity index (χ3n) is 7.08. The molecule has 0 radical (unpaired) electrons. The Morgan fingerprint density at radius 3 is 2.61 bits per heavy atom. The highest BCUT2D eigenvalue weighted by Crippen LogP contribution is 2.43. The Morgan fingerprint density at radius 1 is 1.18 bits per heavy atom. The summed E-state index contributed by atoms with van der Waals surface area (Å²) in [6.45, 7) is 0.187. The first-order chi connectivity index (χ1) is 16.0. The minimum absolute atomic E-state index is 0.0116. The Morgan fingerprint density at radius 2 is 1.91 bits per heavy atom. The first-order valence-corrected chi connectivity index (χ1v) is 11.8. The molecule has 9 heteroatoms. The van der Waals surface area contributed by atoms with Crippen molar-refractivity contribution in [2.75, 3.05) is 13.2 Å². The van der Waals surface area contributed by atoms with E-state index in [2.05, 4.69) is 4.98 Å². The van der Waals surface area contributed by atoms with E-state index in [0.717, 1.165) is 37.7 Å². The average molecular weight is 472 g/mol. The monoisotopic (exact) mass is 471 g/mol. The summed E-state index contributed by atoms with van der Waals surface area (Å²) in [5.41, 5.74) is 6.90. The zero-order valence-corrected chi connectivity index (χ0v) is 18.9. The van der Waals surface area contributed by atoms with Crippen LogP contribution in [0.3, 0.4) is 0 Å². The topological polar surface area (TPSA) is 116 Å². The minimum atomic E-state index is -0.728. The molecule has 2 aliphatic heterocycles. The number of hydrogen-bond acceptors (Lipinski definition) is 6. The number of halogens is 1. The van der Waals surface area contributed by atoms with Crippen LogP contribution in [-0.2, 0) is 14.3 Å². The summed E-state index contributed by atoms with van der Waals surface area (Å²) in [6.07, 6.45) is 7.57. The molecule has 1 aliphatic carbocycles. The molecule has 0 bridgehead atoms. The van der Waals surface area contributed by atoms with Crippen molar-refractivity contribution < 1.29 is 23.5 Å². The zero-order chi connectivity index (χ0) is 23.1. The number of fused-ring (bicyclic) bond motifs is 1. The van der Waals surface area contributed by atoms with E-state index in [9.17, 15) is 14.4 Å². The molecular weight excluding hydrogens is 446 g/mol. The summed E-state index contributed by atoms with van der Waals surface area (Å²) < 4.78 is 11.4. The van der Waals surface area contributed by atoms with Crippen molar-refractivity contribution in [3.05, 3.63) is 41.9 Å². The third-order valence-corrected chi connectivity index (χ3v) is 7.46. The summed E-state index contributed by atoms with van der Waals surface area (Å²) in [6, 6.07) is 4.59. The summed E-state index contributed by atoms with van der Waals surface area (Å²) >= 11 is 6.45. The molecule has 3 aliphatic rings. The molecule has 174 valence electrons. The van der Waals surface area contributed by atoms with Crippen LogP contribution in [0.15, 0.2) is 35.0 Å². The van der Waals surface area contributed by atoms with Crippen molar-refractivity contribution in [2.45, 2.75) is 55.5 Å². The highest BCUT2D eigenvalue weighted by atomic mass is 35.5. The summed E-state index contributed by atoms with van der Waals surface area (Å²) in [5, 5.41) is -0.454. The average Bonchev–Trinajstić information content (AvgIpc) is 3.52. The third kappa shape index (κ3) is 3.95. The fourth-order valence-electron chi connectivity index (χ4n) is 5.55. The molecule has 2 amide bonds.